The van der Waals surface area contributed by atoms with Crippen LogP contribution in [-0.2, 0) is 4.79 Å². The van der Waals surface area contributed by atoms with Crippen molar-refractivity contribution in [3.05, 3.63) is 54.1 Å². The fraction of sp³-hybridized carbons (Fsp3) is 0.333. The largest absolute Gasteiger partial charge is 0.494 e. The van der Waals surface area contributed by atoms with E-state index >= 15 is 0 Å². The number of ether oxygens (including phenoxy) is 2. The van der Waals surface area contributed by atoms with Gasteiger partial charge in [-0.3, -0.25) is 9.69 Å². The number of carbonyl (C=O) groups excluding carboxylic acids is 1. The maximum Gasteiger partial charge on any atom is 0.247 e. The maximum atomic E-state index is 13.3. The maximum absolute atomic E-state index is 13.3. The summed E-state index contributed by atoms with van der Waals surface area (Å²) < 4.78 is 12.0. The first-order valence-corrected chi connectivity index (χ1v) is 11.8. The van der Waals surface area contributed by atoms with Crippen molar-refractivity contribution in [2.24, 2.45) is 0 Å². The average Bonchev–Trinajstić information content (AvgIpc) is 2.94. The molecule has 4 rings (SSSR count). The highest BCUT2D eigenvalue weighted by Gasteiger charge is 2.35. The number of benzene rings is 2. The van der Waals surface area contributed by atoms with Gasteiger partial charge in [0.05, 0.1) is 12.3 Å². The van der Waals surface area contributed by atoms with Crippen LogP contribution < -0.4 is 14.4 Å². The summed E-state index contributed by atoms with van der Waals surface area (Å²) in [5.74, 6) is 1.93. The second-order valence-electron chi connectivity index (χ2n) is 7.18. The van der Waals surface area contributed by atoms with Crippen LogP contribution in [0.2, 0.25) is 0 Å². The van der Waals surface area contributed by atoms with Gasteiger partial charge in [-0.05, 0) is 49.4 Å². The minimum Gasteiger partial charge on any atom is -0.494 e. The van der Waals surface area contributed by atoms with Crippen molar-refractivity contribution in [2.45, 2.75) is 45.0 Å². The molecule has 0 N–H and O–H groups in total. The van der Waals surface area contributed by atoms with Crippen LogP contribution in [0.3, 0.4) is 0 Å². The van der Waals surface area contributed by atoms with E-state index in [9.17, 15) is 4.79 Å². The fourth-order valence-electron chi connectivity index (χ4n) is 3.62. The Morgan fingerprint density at radius 3 is 2.59 bits per heavy atom. The van der Waals surface area contributed by atoms with Gasteiger partial charge in [0.1, 0.15) is 5.75 Å². The predicted octanol–water partition coefficient (Wildman–Crippen LogP) is 5.27. The van der Waals surface area contributed by atoms with Crippen molar-refractivity contribution in [2.75, 3.05) is 17.3 Å². The highest BCUT2D eigenvalue weighted by molar-refractivity contribution is 7.99. The normalized spacial score (nSPS) is 14.7. The van der Waals surface area contributed by atoms with Crippen molar-refractivity contribution in [3.63, 3.8) is 0 Å². The van der Waals surface area contributed by atoms with Gasteiger partial charge in [0, 0.05) is 17.5 Å². The Kier molecular flexibility index (Phi) is 6.90. The van der Waals surface area contributed by atoms with Gasteiger partial charge < -0.3 is 9.47 Å². The Morgan fingerprint density at radius 2 is 1.88 bits per heavy atom. The molecule has 32 heavy (non-hydrogen) atoms. The molecule has 8 heteroatoms. The summed E-state index contributed by atoms with van der Waals surface area (Å²) in [4.78, 5) is 19.7. The summed E-state index contributed by atoms with van der Waals surface area (Å²) in [6, 6.07) is 15.3. The van der Waals surface area contributed by atoms with Gasteiger partial charge in [-0.25, -0.2) is 0 Å². The smallest absolute Gasteiger partial charge is 0.247 e. The third-order valence-electron chi connectivity index (χ3n) is 4.99. The van der Waals surface area contributed by atoms with Crippen molar-refractivity contribution in [1.82, 2.24) is 15.2 Å². The third kappa shape index (κ3) is 4.41. The second kappa shape index (κ2) is 9.99. The van der Waals surface area contributed by atoms with Crippen molar-refractivity contribution in [3.8, 4) is 22.9 Å². The molecule has 1 aromatic heterocycles. The zero-order valence-corrected chi connectivity index (χ0v) is 19.3. The number of carbonyl (C=O) groups is 1. The Hall–Kier alpha value is -3.13. The molecule has 166 valence electrons. The monoisotopic (exact) mass is 450 g/mol. The molecule has 7 nitrogen and oxygen atoms in total. The molecule has 0 bridgehead atoms. The van der Waals surface area contributed by atoms with E-state index in [2.05, 4.69) is 15.2 Å². The quantitative estimate of drug-likeness (QED) is 0.454. The van der Waals surface area contributed by atoms with Crippen molar-refractivity contribution < 1.29 is 14.3 Å². The summed E-state index contributed by atoms with van der Waals surface area (Å²) >= 11 is 1.49. The lowest BCUT2D eigenvalue weighted by Crippen LogP contribution is -2.37. The molecule has 1 aliphatic heterocycles. The number of rotatable bonds is 7. The number of nitrogens with zero attached hydrogens (tertiary/aromatic N) is 4. The third-order valence-corrected chi connectivity index (χ3v) is 5.71. The molecule has 2 aromatic carbocycles. The lowest BCUT2D eigenvalue weighted by Gasteiger charge is -2.31. The van der Waals surface area contributed by atoms with E-state index in [4.69, 9.17) is 9.47 Å². The van der Waals surface area contributed by atoms with Gasteiger partial charge >= 0.3 is 0 Å². The van der Waals surface area contributed by atoms with Gasteiger partial charge in [-0.1, -0.05) is 43.8 Å². The van der Waals surface area contributed by atoms with Crippen molar-refractivity contribution in [1.29, 1.82) is 0 Å². The van der Waals surface area contributed by atoms with Crippen LogP contribution in [0, 0.1) is 0 Å². The number of hydrogen-bond donors (Lipinski definition) is 0. The van der Waals surface area contributed by atoms with E-state index < -0.39 is 6.23 Å². The second-order valence-corrected chi connectivity index (χ2v) is 8.42. The van der Waals surface area contributed by atoms with Crippen LogP contribution in [0.5, 0.6) is 11.6 Å². The minimum absolute atomic E-state index is 0.0252. The van der Waals surface area contributed by atoms with E-state index in [1.165, 1.54) is 11.8 Å². The molecule has 0 spiro atoms. The molecule has 0 unspecified atom stereocenters. The summed E-state index contributed by atoms with van der Waals surface area (Å²) in [7, 11) is 0. The topological polar surface area (TPSA) is 77.4 Å². The molecule has 0 aliphatic carbocycles. The molecule has 1 atom stereocenters. The molecule has 2 heterocycles. The van der Waals surface area contributed by atoms with Crippen LogP contribution >= 0.6 is 11.8 Å². The molecule has 0 saturated carbocycles. The molecule has 0 radical (unpaired) electrons. The zero-order valence-electron chi connectivity index (χ0n) is 18.4. The highest BCUT2D eigenvalue weighted by atomic mass is 32.2. The Morgan fingerprint density at radius 1 is 1.09 bits per heavy atom. The first-order valence-electron chi connectivity index (χ1n) is 10.8. The van der Waals surface area contributed by atoms with Gasteiger partial charge in [-0.15, -0.1) is 10.2 Å². The molecular formula is C24H26N4O3S. The summed E-state index contributed by atoms with van der Waals surface area (Å²) in [5.41, 5.74) is 2.86. The van der Waals surface area contributed by atoms with Gasteiger partial charge in [-0.2, -0.15) is 4.98 Å². The van der Waals surface area contributed by atoms with Crippen LogP contribution in [0.15, 0.2) is 53.7 Å². The Balaban J connectivity index is 1.88. The van der Waals surface area contributed by atoms with Gasteiger partial charge in [0.2, 0.25) is 23.2 Å². The van der Waals surface area contributed by atoms with E-state index in [-0.39, 0.29) is 5.91 Å². The molecule has 3 aromatic rings. The molecule has 0 saturated heterocycles. The van der Waals surface area contributed by atoms with E-state index in [0.717, 1.165) is 34.7 Å². The van der Waals surface area contributed by atoms with E-state index in [1.54, 1.807) is 4.90 Å². The predicted molar refractivity (Wildman–Crippen MR) is 125 cm³/mol. The van der Waals surface area contributed by atoms with Crippen LogP contribution in [-0.4, -0.2) is 33.4 Å². The highest BCUT2D eigenvalue weighted by Crippen LogP contribution is 2.43. The molecule has 1 aliphatic rings. The van der Waals surface area contributed by atoms with E-state index in [1.807, 2.05) is 69.3 Å². The number of para-hydroxylation sites is 1. The number of thioether (sulfide) groups is 1. The lowest BCUT2D eigenvalue weighted by molar-refractivity contribution is -0.120. The Bertz CT molecular complexity index is 1090. The number of fused-ring (bicyclic) bond motifs is 3. The fourth-order valence-corrected chi connectivity index (χ4v) is 4.12. The standard InChI is InChI=1S/C24H26N4O3S/c1-4-9-20(29)28-19-11-8-7-10-18(19)21-22(25-24(27-26-21)32-6-3)31-23(28)16-12-14-17(15-13-16)30-5-2/h7-8,10-15,23H,4-6,9H2,1-3H3/t23-/m0/s1. The van der Waals surface area contributed by atoms with Crippen LogP contribution in [0.25, 0.3) is 11.3 Å². The van der Waals surface area contributed by atoms with Gasteiger partial charge in [0.25, 0.3) is 0 Å². The molecular weight excluding hydrogens is 424 g/mol. The number of amides is 1. The van der Waals surface area contributed by atoms with Crippen molar-refractivity contribution >= 4 is 23.4 Å². The number of aromatic nitrogens is 3. The molecule has 1 amide bonds. The summed E-state index contributed by atoms with van der Waals surface area (Å²) in [5, 5.41) is 9.23. The minimum atomic E-state index is -0.691. The Labute approximate surface area is 192 Å². The number of hydrogen-bond acceptors (Lipinski definition) is 7. The first kappa shape index (κ1) is 22.1. The molecule has 0 fully saturated rings. The van der Waals surface area contributed by atoms with Gasteiger partial charge in [0.15, 0.2) is 5.69 Å². The average molecular weight is 451 g/mol. The SMILES string of the molecule is CCCC(=O)N1c2ccccc2-c2nnc(SCC)nc2O[C@H]1c1ccc(OCC)cc1. The summed E-state index contributed by atoms with van der Waals surface area (Å²) in [6.45, 7) is 6.55. The first-order chi connectivity index (χ1) is 15.7. The zero-order chi connectivity index (χ0) is 22.5. The van der Waals surface area contributed by atoms with Crippen LogP contribution in [0.4, 0.5) is 5.69 Å². The van der Waals surface area contributed by atoms with E-state index in [0.29, 0.717) is 29.8 Å². The lowest BCUT2D eigenvalue weighted by atomic mass is 10.1. The number of anilines is 1. The van der Waals surface area contributed by atoms with Crippen LogP contribution in [0.1, 0.15) is 45.4 Å². The summed E-state index contributed by atoms with van der Waals surface area (Å²) in [6.07, 6.45) is 0.441.